The van der Waals surface area contributed by atoms with Crippen LogP contribution in [0.25, 0.3) is 0 Å². The van der Waals surface area contributed by atoms with E-state index in [-0.39, 0.29) is 22.4 Å². The van der Waals surface area contributed by atoms with Gasteiger partial charge >= 0.3 is 0 Å². The molecule has 10 heteroatoms. The number of hydrogen-bond acceptors (Lipinski definition) is 6. The zero-order chi connectivity index (χ0) is 21.3. The van der Waals surface area contributed by atoms with Crippen molar-refractivity contribution < 1.29 is 18.8 Å². The molecule has 2 aliphatic rings. The molecular weight excluding hydrogens is 428 g/mol. The van der Waals surface area contributed by atoms with Gasteiger partial charge in [0, 0.05) is 37.4 Å². The molecule has 2 saturated heterocycles. The number of anilines is 1. The summed E-state index contributed by atoms with van der Waals surface area (Å²) in [6, 6.07) is 9.87. The highest BCUT2D eigenvalue weighted by atomic mass is 35.5. The molecule has 2 aliphatic heterocycles. The Morgan fingerprint density at radius 3 is 2.43 bits per heavy atom. The van der Waals surface area contributed by atoms with Gasteiger partial charge in [-0.25, -0.2) is 0 Å². The largest absolute Gasteiger partial charge is 0.459 e. The third kappa shape index (κ3) is 3.94. The summed E-state index contributed by atoms with van der Waals surface area (Å²) in [5.74, 6) is -0.960. The van der Waals surface area contributed by atoms with Crippen molar-refractivity contribution >= 4 is 52.3 Å². The van der Waals surface area contributed by atoms with E-state index in [1.807, 2.05) is 4.90 Å². The zero-order valence-corrected chi connectivity index (χ0v) is 17.3. The Morgan fingerprint density at radius 1 is 1.10 bits per heavy atom. The van der Waals surface area contributed by atoms with Gasteiger partial charge in [-0.15, -0.1) is 0 Å². The molecule has 154 valence electrons. The van der Waals surface area contributed by atoms with Crippen molar-refractivity contribution in [3.05, 3.63) is 65.2 Å². The number of benzene rings is 1. The molecule has 30 heavy (non-hydrogen) atoms. The number of rotatable bonds is 3. The van der Waals surface area contributed by atoms with Crippen LogP contribution in [0.15, 0.2) is 58.9 Å². The van der Waals surface area contributed by atoms with Crippen LogP contribution in [0.5, 0.6) is 0 Å². The number of piperazine rings is 1. The van der Waals surface area contributed by atoms with Gasteiger partial charge in [-0.05, 0) is 48.6 Å². The fourth-order valence-electron chi connectivity index (χ4n) is 3.26. The van der Waals surface area contributed by atoms with Crippen LogP contribution >= 0.6 is 23.8 Å². The number of nitrogens with zero attached hydrogens (tertiary/aromatic N) is 3. The number of carbonyl (C=O) groups excluding carboxylic acids is 3. The van der Waals surface area contributed by atoms with E-state index in [2.05, 4.69) is 5.32 Å². The summed E-state index contributed by atoms with van der Waals surface area (Å²) in [5.41, 5.74) is 0.485. The van der Waals surface area contributed by atoms with Crippen LogP contribution in [0.2, 0.25) is 5.02 Å². The predicted molar refractivity (Wildman–Crippen MR) is 114 cm³/mol. The lowest BCUT2D eigenvalue weighted by atomic mass is 10.1. The van der Waals surface area contributed by atoms with Gasteiger partial charge < -0.3 is 14.2 Å². The Bertz CT molecular complexity index is 1030. The van der Waals surface area contributed by atoms with Gasteiger partial charge in [0.15, 0.2) is 10.9 Å². The first-order valence-electron chi connectivity index (χ1n) is 9.18. The second-order valence-corrected chi connectivity index (χ2v) is 7.55. The van der Waals surface area contributed by atoms with Gasteiger partial charge in [-0.2, -0.15) is 0 Å². The SMILES string of the molecule is O=C1NC(=S)N(c2ccc(Cl)cc2)C(=O)/C1=C/N1CCN(C(=O)c2ccco2)CC1. The lowest BCUT2D eigenvalue weighted by Gasteiger charge is -2.35. The molecule has 0 saturated carbocycles. The number of thiocarbonyl (C=S) groups is 1. The van der Waals surface area contributed by atoms with Crippen molar-refractivity contribution in [2.45, 2.75) is 0 Å². The molecule has 0 atom stereocenters. The molecule has 3 heterocycles. The van der Waals surface area contributed by atoms with Crippen LogP contribution in [0, 0.1) is 0 Å². The van der Waals surface area contributed by atoms with Gasteiger partial charge in [-0.1, -0.05) is 11.6 Å². The number of halogens is 1. The maximum Gasteiger partial charge on any atom is 0.289 e. The zero-order valence-electron chi connectivity index (χ0n) is 15.7. The van der Waals surface area contributed by atoms with Crippen LogP contribution in [-0.2, 0) is 9.59 Å². The molecular formula is C20H17ClN4O4S. The van der Waals surface area contributed by atoms with Crippen molar-refractivity contribution in [2.75, 3.05) is 31.1 Å². The predicted octanol–water partition coefficient (Wildman–Crippen LogP) is 2.02. The van der Waals surface area contributed by atoms with Gasteiger partial charge in [0.25, 0.3) is 17.7 Å². The summed E-state index contributed by atoms with van der Waals surface area (Å²) in [4.78, 5) is 42.6. The van der Waals surface area contributed by atoms with Crippen molar-refractivity contribution in [3.63, 3.8) is 0 Å². The van der Waals surface area contributed by atoms with Crippen LogP contribution < -0.4 is 10.2 Å². The topological polar surface area (TPSA) is 86.1 Å². The van der Waals surface area contributed by atoms with Crippen molar-refractivity contribution in [1.82, 2.24) is 15.1 Å². The third-order valence-electron chi connectivity index (χ3n) is 4.83. The molecule has 3 amide bonds. The normalized spacial score (nSPS) is 18.8. The first kappa shape index (κ1) is 20.1. The van der Waals surface area contributed by atoms with E-state index in [0.717, 1.165) is 0 Å². The summed E-state index contributed by atoms with van der Waals surface area (Å²) < 4.78 is 5.16. The van der Waals surface area contributed by atoms with Crippen molar-refractivity contribution in [2.24, 2.45) is 0 Å². The minimum Gasteiger partial charge on any atom is -0.459 e. The number of amides is 3. The van der Waals surface area contributed by atoms with Gasteiger partial charge in [0.1, 0.15) is 5.57 Å². The maximum atomic E-state index is 13.0. The first-order valence-corrected chi connectivity index (χ1v) is 9.96. The van der Waals surface area contributed by atoms with Crippen LogP contribution in [0.3, 0.4) is 0 Å². The molecule has 0 aliphatic carbocycles. The highest BCUT2D eigenvalue weighted by Crippen LogP contribution is 2.23. The van der Waals surface area contributed by atoms with E-state index >= 15 is 0 Å². The van der Waals surface area contributed by atoms with Gasteiger partial charge in [-0.3, -0.25) is 24.6 Å². The molecule has 0 bridgehead atoms. The van der Waals surface area contributed by atoms with E-state index in [9.17, 15) is 14.4 Å². The molecule has 0 radical (unpaired) electrons. The standard InChI is InChI=1S/C20H17ClN4O4S/c21-13-3-5-14(6-4-13)25-18(27)15(17(26)22-20(25)30)12-23-7-9-24(10-8-23)19(28)16-2-1-11-29-16/h1-6,11-12H,7-10H2,(H,22,26,30)/b15-12+. The lowest BCUT2D eigenvalue weighted by molar-refractivity contribution is -0.122. The Balaban J connectivity index is 1.48. The minimum absolute atomic E-state index is 0.0123. The Kier molecular flexibility index (Phi) is 5.56. The second kappa shape index (κ2) is 8.29. The average Bonchev–Trinajstić information content (AvgIpc) is 3.27. The molecule has 2 fully saturated rings. The van der Waals surface area contributed by atoms with Crippen LogP contribution in [0.4, 0.5) is 5.69 Å². The van der Waals surface area contributed by atoms with Gasteiger partial charge in [0.2, 0.25) is 0 Å². The first-order chi connectivity index (χ1) is 14.4. The maximum absolute atomic E-state index is 13.0. The lowest BCUT2D eigenvalue weighted by Crippen LogP contribution is -2.55. The number of hydrogen-bond donors (Lipinski definition) is 1. The molecule has 0 unspecified atom stereocenters. The fourth-order valence-corrected chi connectivity index (χ4v) is 3.67. The Hall–Kier alpha value is -3.17. The Morgan fingerprint density at radius 2 is 1.80 bits per heavy atom. The van der Waals surface area contributed by atoms with E-state index < -0.39 is 11.8 Å². The van der Waals surface area contributed by atoms with E-state index in [1.165, 1.54) is 17.4 Å². The quantitative estimate of drug-likeness (QED) is 0.443. The molecule has 2 aromatic rings. The molecule has 1 aromatic carbocycles. The van der Waals surface area contributed by atoms with E-state index in [1.54, 1.807) is 41.3 Å². The van der Waals surface area contributed by atoms with Crippen molar-refractivity contribution in [1.29, 1.82) is 0 Å². The second-order valence-electron chi connectivity index (χ2n) is 6.72. The van der Waals surface area contributed by atoms with Crippen molar-refractivity contribution in [3.8, 4) is 0 Å². The Labute approximate surface area is 182 Å². The minimum atomic E-state index is -0.552. The number of nitrogens with one attached hydrogen (secondary N) is 1. The van der Waals surface area contributed by atoms with E-state index in [4.69, 9.17) is 28.2 Å². The number of carbonyl (C=O) groups is 3. The fraction of sp³-hybridized carbons (Fsp3) is 0.200. The van der Waals surface area contributed by atoms with E-state index in [0.29, 0.717) is 36.9 Å². The number of furan rings is 1. The van der Waals surface area contributed by atoms with Gasteiger partial charge in [0.05, 0.1) is 12.0 Å². The summed E-state index contributed by atoms with van der Waals surface area (Å²) >= 11 is 11.1. The summed E-state index contributed by atoms with van der Waals surface area (Å²) in [5, 5.41) is 3.09. The molecule has 8 nitrogen and oxygen atoms in total. The molecule has 1 N–H and O–H groups in total. The third-order valence-corrected chi connectivity index (χ3v) is 5.37. The van der Waals surface area contributed by atoms with Crippen LogP contribution in [-0.4, -0.2) is 58.8 Å². The van der Waals surface area contributed by atoms with Crippen LogP contribution in [0.1, 0.15) is 10.6 Å². The summed E-state index contributed by atoms with van der Waals surface area (Å²) in [7, 11) is 0. The summed E-state index contributed by atoms with van der Waals surface area (Å²) in [6.07, 6.45) is 2.98. The highest BCUT2D eigenvalue weighted by Gasteiger charge is 2.35. The smallest absolute Gasteiger partial charge is 0.289 e. The molecule has 1 aromatic heterocycles. The average molecular weight is 445 g/mol. The monoisotopic (exact) mass is 444 g/mol. The molecule has 0 spiro atoms. The highest BCUT2D eigenvalue weighted by molar-refractivity contribution is 7.80. The summed E-state index contributed by atoms with van der Waals surface area (Å²) in [6.45, 7) is 1.83. The molecule has 4 rings (SSSR count).